The van der Waals surface area contributed by atoms with E-state index < -0.39 is 23.0 Å². The number of hydrogen-bond donors (Lipinski definition) is 0. The van der Waals surface area contributed by atoms with Crippen LogP contribution in [-0.2, 0) is 0 Å². The lowest BCUT2D eigenvalue weighted by molar-refractivity contribution is -0.385. The number of ether oxygens (including phenoxy) is 1. The monoisotopic (exact) mass is 242 g/mol. The zero-order chi connectivity index (χ0) is 13.0. The molecule has 0 radical (unpaired) electrons. The van der Waals surface area contributed by atoms with Crippen molar-refractivity contribution in [3.63, 3.8) is 0 Å². The smallest absolute Gasteiger partial charge is 0.387 e. The Hall–Kier alpha value is -2.56. The minimum absolute atomic E-state index is 0.158. The number of benzene rings is 1. The van der Waals surface area contributed by atoms with Gasteiger partial charge in [-0.25, -0.2) is 0 Å². The Kier molecular flexibility index (Phi) is 3.66. The Morgan fingerprint density at radius 3 is 2.59 bits per heavy atom. The number of alkyl halides is 2. The lowest BCUT2D eigenvalue weighted by atomic mass is 10.1. The fourth-order valence-corrected chi connectivity index (χ4v) is 1.12. The van der Waals surface area contributed by atoms with Crippen LogP contribution in [0, 0.1) is 21.4 Å². The standard InChI is InChI=1S/C9H4F2N2O4/c10-9(11)17-8-2-7(13(15)16)6(4-14)1-5(8)3-12/h1-2,4,9H. The molecular formula is C9H4F2N2O4. The van der Waals surface area contributed by atoms with Crippen molar-refractivity contribution in [2.45, 2.75) is 6.61 Å². The Labute approximate surface area is 93.2 Å². The second-order valence-corrected chi connectivity index (χ2v) is 2.77. The number of nitrogens with zero attached hydrogens (tertiary/aromatic N) is 2. The van der Waals surface area contributed by atoms with Gasteiger partial charge in [0.1, 0.15) is 6.07 Å². The first-order valence-electron chi connectivity index (χ1n) is 4.12. The first-order valence-corrected chi connectivity index (χ1v) is 4.12. The van der Waals surface area contributed by atoms with Crippen LogP contribution in [0.3, 0.4) is 0 Å². The third-order valence-electron chi connectivity index (χ3n) is 1.79. The highest BCUT2D eigenvalue weighted by Gasteiger charge is 2.20. The molecule has 8 heteroatoms. The molecule has 0 fully saturated rings. The first-order chi connectivity index (χ1) is 7.99. The molecular weight excluding hydrogens is 238 g/mol. The SMILES string of the molecule is N#Cc1cc(C=O)c([N+](=O)[O-])cc1OC(F)F. The average Bonchev–Trinajstić information content (AvgIpc) is 2.27. The second-order valence-electron chi connectivity index (χ2n) is 2.77. The Bertz CT molecular complexity index is 510. The summed E-state index contributed by atoms with van der Waals surface area (Å²) in [5.74, 6) is -0.639. The summed E-state index contributed by atoms with van der Waals surface area (Å²) in [6.45, 7) is -3.22. The summed E-state index contributed by atoms with van der Waals surface area (Å²) in [6.07, 6.45) is 0.158. The average molecular weight is 242 g/mol. The number of nitriles is 1. The van der Waals surface area contributed by atoms with Gasteiger partial charge >= 0.3 is 6.61 Å². The minimum Gasteiger partial charge on any atom is -0.433 e. The fraction of sp³-hybridized carbons (Fsp3) is 0.111. The molecule has 0 saturated carbocycles. The van der Waals surface area contributed by atoms with E-state index in [0.717, 1.165) is 6.07 Å². The van der Waals surface area contributed by atoms with Gasteiger partial charge in [-0.3, -0.25) is 14.9 Å². The molecule has 88 valence electrons. The molecule has 0 bridgehead atoms. The van der Waals surface area contributed by atoms with E-state index in [1.165, 1.54) is 6.07 Å². The third kappa shape index (κ3) is 2.72. The van der Waals surface area contributed by atoms with Crippen LogP contribution in [0.5, 0.6) is 5.75 Å². The number of nitro groups is 1. The van der Waals surface area contributed by atoms with Crippen molar-refractivity contribution in [2.75, 3.05) is 0 Å². The van der Waals surface area contributed by atoms with Crippen LogP contribution in [0.15, 0.2) is 12.1 Å². The van der Waals surface area contributed by atoms with E-state index in [0.29, 0.717) is 6.07 Å². The van der Waals surface area contributed by atoms with Crippen LogP contribution in [0.1, 0.15) is 15.9 Å². The maximum atomic E-state index is 12.0. The molecule has 1 aromatic rings. The summed E-state index contributed by atoms with van der Waals surface area (Å²) in [5, 5.41) is 19.2. The largest absolute Gasteiger partial charge is 0.433 e. The highest BCUT2D eigenvalue weighted by molar-refractivity contribution is 5.83. The summed E-state index contributed by atoms with van der Waals surface area (Å²) in [5.41, 5.74) is -1.46. The molecule has 0 heterocycles. The molecule has 0 amide bonds. The van der Waals surface area contributed by atoms with E-state index in [1.54, 1.807) is 0 Å². The van der Waals surface area contributed by atoms with Gasteiger partial charge in [0.15, 0.2) is 12.0 Å². The molecule has 0 unspecified atom stereocenters. The second kappa shape index (κ2) is 4.98. The molecule has 0 atom stereocenters. The lowest BCUT2D eigenvalue weighted by Gasteiger charge is -2.06. The summed E-state index contributed by atoms with van der Waals surface area (Å²) < 4.78 is 27.9. The van der Waals surface area contributed by atoms with Gasteiger partial charge in [-0.05, 0) is 6.07 Å². The van der Waals surface area contributed by atoms with Crippen molar-refractivity contribution < 1.29 is 23.2 Å². The maximum absolute atomic E-state index is 12.0. The molecule has 0 aliphatic heterocycles. The van der Waals surface area contributed by atoms with Crippen molar-refractivity contribution in [1.82, 2.24) is 0 Å². The number of rotatable bonds is 4. The van der Waals surface area contributed by atoms with Crippen molar-refractivity contribution in [1.29, 1.82) is 5.26 Å². The molecule has 0 N–H and O–H groups in total. The van der Waals surface area contributed by atoms with Gasteiger partial charge in [-0.2, -0.15) is 14.0 Å². The van der Waals surface area contributed by atoms with E-state index in [1.807, 2.05) is 0 Å². The fourth-order valence-electron chi connectivity index (χ4n) is 1.12. The van der Waals surface area contributed by atoms with Crippen LogP contribution in [0.4, 0.5) is 14.5 Å². The zero-order valence-electron chi connectivity index (χ0n) is 8.09. The van der Waals surface area contributed by atoms with Gasteiger partial charge in [0.05, 0.1) is 22.1 Å². The third-order valence-corrected chi connectivity index (χ3v) is 1.79. The molecule has 17 heavy (non-hydrogen) atoms. The number of aldehydes is 1. The maximum Gasteiger partial charge on any atom is 0.387 e. The van der Waals surface area contributed by atoms with Crippen LogP contribution in [0.25, 0.3) is 0 Å². The van der Waals surface area contributed by atoms with Crippen molar-refractivity contribution in [3.05, 3.63) is 33.4 Å². The van der Waals surface area contributed by atoms with Gasteiger partial charge in [-0.1, -0.05) is 0 Å². The summed E-state index contributed by atoms with van der Waals surface area (Å²) in [4.78, 5) is 20.1. The molecule has 1 rings (SSSR count). The molecule has 0 aliphatic rings. The number of hydrogen-bond acceptors (Lipinski definition) is 5. The predicted molar refractivity (Wildman–Crippen MR) is 49.8 cm³/mol. The van der Waals surface area contributed by atoms with Gasteiger partial charge in [-0.15, -0.1) is 0 Å². The Morgan fingerprint density at radius 1 is 1.53 bits per heavy atom. The van der Waals surface area contributed by atoms with E-state index in [9.17, 15) is 23.7 Å². The van der Waals surface area contributed by atoms with E-state index in [2.05, 4.69) is 4.74 Å². The van der Waals surface area contributed by atoms with Gasteiger partial charge in [0, 0.05) is 0 Å². The van der Waals surface area contributed by atoms with Crippen molar-refractivity contribution >= 4 is 12.0 Å². The van der Waals surface area contributed by atoms with Crippen LogP contribution in [0.2, 0.25) is 0 Å². The Morgan fingerprint density at radius 2 is 2.18 bits per heavy atom. The number of halogens is 2. The molecule has 0 aliphatic carbocycles. The molecule has 0 aromatic heterocycles. The highest BCUT2D eigenvalue weighted by Crippen LogP contribution is 2.28. The van der Waals surface area contributed by atoms with Crippen molar-refractivity contribution in [3.8, 4) is 11.8 Å². The number of carbonyl (C=O) groups excluding carboxylic acids is 1. The van der Waals surface area contributed by atoms with Crippen LogP contribution < -0.4 is 4.74 Å². The first kappa shape index (κ1) is 12.5. The topological polar surface area (TPSA) is 93.2 Å². The highest BCUT2D eigenvalue weighted by atomic mass is 19.3. The number of nitro benzene ring substituents is 1. The molecule has 0 spiro atoms. The predicted octanol–water partition coefficient (Wildman–Crippen LogP) is 1.88. The van der Waals surface area contributed by atoms with Gasteiger partial charge < -0.3 is 4.74 Å². The summed E-state index contributed by atoms with van der Waals surface area (Å²) >= 11 is 0. The molecule has 6 nitrogen and oxygen atoms in total. The van der Waals surface area contributed by atoms with E-state index in [-0.39, 0.29) is 17.4 Å². The Balaban J connectivity index is 3.40. The minimum atomic E-state index is -3.22. The quantitative estimate of drug-likeness (QED) is 0.456. The summed E-state index contributed by atoms with van der Waals surface area (Å²) in [7, 11) is 0. The van der Waals surface area contributed by atoms with Gasteiger partial charge in [0.2, 0.25) is 0 Å². The van der Waals surface area contributed by atoms with E-state index in [4.69, 9.17) is 5.26 Å². The van der Waals surface area contributed by atoms with E-state index >= 15 is 0 Å². The van der Waals surface area contributed by atoms with Crippen molar-refractivity contribution in [2.24, 2.45) is 0 Å². The van der Waals surface area contributed by atoms with Gasteiger partial charge in [0.25, 0.3) is 5.69 Å². The normalized spacial score (nSPS) is 9.76. The summed E-state index contributed by atoms with van der Waals surface area (Å²) in [6, 6.07) is 2.94. The molecule has 1 aromatic carbocycles. The zero-order valence-corrected chi connectivity index (χ0v) is 8.09. The lowest BCUT2D eigenvalue weighted by Crippen LogP contribution is -2.05. The molecule has 0 saturated heterocycles. The van der Waals surface area contributed by atoms with Crippen LogP contribution in [-0.4, -0.2) is 17.8 Å². The van der Waals surface area contributed by atoms with Crippen LogP contribution >= 0.6 is 0 Å². The number of carbonyl (C=O) groups is 1.